The maximum atomic E-state index is 11.5. The van der Waals surface area contributed by atoms with Crippen molar-refractivity contribution >= 4 is 11.6 Å². The average molecular weight is 270 g/mol. The molecule has 1 aromatic carbocycles. The van der Waals surface area contributed by atoms with E-state index in [1.54, 1.807) is 18.3 Å². The van der Waals surface area contributed by atoms with E-state index in [1.807, 2.05) is 6.07 Å². The van der Waals surface area contributed by atoms with Gasteiger partial charge in [-0.25, -0.2) is 0 Å². The number of aromatic nitrogens is 1. The summed E-state index contributed by atoms with van der Waals surface area (Å²) in [4.78, 5) is 22.1. The summed E-state index contributed by atoms with van der Waals surface area (Å²) >= 11 is 0. The van der Waals surface area contributed by atoms with Crippen LogP contribution in [0.5, 0.6) is 0 Å². The van der Waals surface area contributed by atoms with Gasteiger partial charge in [-0.05, 0) is 24.3 Å². The molecule has 0 aliphatic rings. The summed E-state index contributed by atoms with van der Waals surface area (Å²) < 4.78 is 1.41. The van der Waals surface area contributed by atoms with Crippen molar-refractivity contribution in [2.75, 3.05) is 7.05 Å². The molecule has 0 saturated carbocycles. The molecule has 0 unspecified atom stereocenters. The summed E-state index contributed by atoms with van der Waals surface area (Å²) in [6.45, 7) is 0. The molecule has 1 aromatic heterocycles. The Morgan fingerprint density at radius 1 is 1.45 bits per heavy atom. The van der Waals surface area contributed by atoms with Gasteiger partial charge in [0.15, 0.2) is 0 Å². The zero-order chi connectivity index (χ0) is 14.7. The van der Waals surface area contributed by atoms with Crippen LogP contribution in [0.1, 0.15) is 16.1 Å². The lowest BCUT2D eigenvalue weighted by molar-refractivity contribution is -0.384. The summed E-state index contributed by atoms with van der Waals surface area (Å²) in [6.07, 6.45) is 1.56. The van der Waals surface area contributed by atoms with Gasteiger partial charge in [0.25, 0.3) is 11.6 Å². The molecule has 1 N–H and O–H groups in total. The van der Waals surface area contributed by atoms with Crippen LogP contribution in [0.15, 0.2) is 36.5 Å². The maximum absolute atomic E-state index is 11.5. The van der Waals surface area contributed by atoms with E-state index >= 15 is 0 Å². The first-order valence-corrected chi connectivity index (χ1v) is 5.67. The van der Waals surface area contributed by atoms with E-state index in [-0.39, 0.29) is 22.6 Å². The molecule has 0 bridgehead atoms. The summed E-state index contributed by atoms with van der Waals surface area (Å²) in [5.41, 5.74) is 0.470. The Morgan fingerprint density at radius 3 is 2.80 bits per heavy atom. The summed E-state index contributed by atoms with van der Waals surface area (Å²) in [6, 6.07) is 9.23. The Kier molecular flexibility index (Phi) is 3.48. The molecule has 20 heavy (non-hydrogen) atoms. The minimum atomic E-state index is -0.580. The number of nitrogens with zero attached hydrogens (tertiary/aromatic N) is 3. The lowest BCUT2D eigenvalue weighted by Gasteiger charge is -2.07. The fourth-order valence-corrected chi connectivity index (χ4v) is 1.84. The second-order valence-electron chi connectivity index (χ2n) is 3.91. The minimum absolute atomic E-state index is 0.189. The van der Waals surface area contributed by atoms with Gasteiger partial charge < -0.3 is 9.88 Å². The number of nitro benzene ring substituents is 1. The van der Waals surface area contributed by atoms with Crippen molar-refractivity contribution in [1.82, 2.24) is 9.88 Å². The van der Waals surface area contributed by atoms with Crippen molar-refractivity contribution < 1.29 is 9.72 Å². The summed E-state index contributed by atoms with van der Waals surface area (Å²) in [5.74, 6) is -0.410. The molecule has 0 radical (unpaired) electrons. The van der Waals surface area contributed by atoms with Crippen molar-refractivity contribution in [3.05, 3.63) is 57.9 Å². The predicted octanol–water partition coefficient (Wildman–Crippen LogP) is 1.62. The highest BCUT2D eigenvalue weighted by Crippen LogP contribution is 2.25. The molecule has 1 amide bonds. The molecule has 0 aliphatic heterocycles. The SMILES string of the molecule is CNC(=O)c1ccc(-n2cccc2C#N)c([N+](=O)[O-])c1. The van der Waals surface area contributed by atoms with Gasteiger partial charge in [0, 0.05) is 24.9 Å². The fourth-order valence-electron chi connectivity index (χ4n) is 1.84. The number of nitro groups is 1. The first kappa shape index (κ1) is 13.3. The highest BCUT2D eigenvalue weighted by atomic mass is 16.6. The van der Waals surface area contributed by atoms with E-state index in [4.69, 9.17) is 5.26 Å². The number of carbonyl (C=O) groups excluding carboxylic acids is 1. The largest absolute Gasteiger partial charge is 0.355 e. The molecule has 100 valence electrons. The first-order chi connectivity index (χ1) is 9.58. The van der Waals surface area contributed by atoms with Gasteiger partial charge in [-0.1, -0.05) is 0 Å². The van der Waals surface area contributed by atoms with Gasteiger partial charge in [0.05, 0.1) is 4.92 Å². The number of carbonyl (C=O) groups is 1. The average Bonchev–Trinajstić information content (AvgIpc) is 2.93. The van der Waals surface area contributed by atoms with Crippen LogP contribution in [-0.2, 0) is 0 Å². The van der Waals surface area contributed by atoms with E-state index < -0.39 is 10.8 Å². The van der Waals surface area contributed by atoms with E-state index in [0.29, 0.717) is 0 Å². The summed E-state index contributed by atoms with van der Waals surface area (Å²) in [5, 5.41) is 22.5. The van der Waals surface area contributed by atoms with Gasteiger partial charge in [0.2, 0.25) is 0 Å². The zero-order valence-electron chi connectivity index (χ0n) is 10.5. The van der Waals surface area contributed by atoms with Crippen molar-refractivity contribution in [3.8, 4) is 11.8 Å². The number of amides is 1. The molecule has 0 spiro atoms. The molecular weight excluding hydrogens is 260 g/mol. The molecule has 0 atom stereocenters. The second-order valence-corrected chi connectivity index (χ2v) is 3.91. The van der Waals surface area contributed by atoms with Crippen LogP contribution in [-0.4, -0.2) is 22.4 Å². The Labute approximate surface area is 114 Å². The molecule has 0 aliphatic carbocycles. The van der Waals surface area contributed by atoms with Crippen LogP contribution in [0.3, 0.4) is 0 Å². The zero-order valence-corrected chi connectivity index (χ0v) is 10.5. The second kappa shape index (κ2) is 5.24. The molecule has 7 nitrogen and oxygen atoms in total. The van der Waals surface area contributed by atoms with E-state index in [9.17, 15) is 14.9 Å². The third kappa shape index (κ3) is 2.22. The fraction of sp³-hybridized carbons (Fsp3) is 0.0769. The Hall–Kier alpha value is -3.14. The van der Waals surface area contributed by atoms with Crippen molar-refractivity contribution in [2.45, 2.75) is 0 Å². The third-order valence-electron chi connectivity index (χ3n) is 2.78. The summed E-state index contributed by atoms with van der Waals surface area (Å²) in [7, 11) is 1.45. The lowest BCUT2D eigenvalue weighted by atomic mass is 10.1. The molecule has 2 aromatic rings. The molecule has 1 heterocycles. The van der Waals surface area contributed by atoms with Gasteiger partial charge in [-0.15, -0.1) is 0 Å². The number of hydrogen-bond donors (Lipinski definition) is 1. The third-order valence-corrected chi connectivity index (χ3v) is 2.78. The first-order valence-electron chi connectivity index (χ1n) is 5.67. The van der Waals surface area contributed by atoms with E-state index in [1.165, 1.54) is 29.8 Å². The van der Waals surface area contributed by atoms with Crippen LogP contribution in [0.25, 0.3) is 5.69 Å². The van der Waals surface area contributed by atoms with Crippen molar-refractivity contribution in [2.24, 2.45) is 0 Å². The van der Waals surface area contributed by atoms with Crippen molar-refractivity contribution in [3.63, 3.8) is 0 Å². The van der Waals surface area contributed by atoms with Crippen LogP contribution in [0.4, 0.5) is 5.69 Å². The van der Waals surface area contributed by atoms with Crippen LogP contribution < -0.4 is 5.32 Å². The van der Waals surface area contributed by atoms with E-state index in [0.717, 1.165) is 0 Å². The van der Waals surface area contributed by atoms with Gasteiger partial charge in [0.1, 0.15) is 17.5 Å². The maximum Gasteiger partial charge on any atom is 0.294 e. The predicted molar refractivity (Wildman–Crippen MR) is 70.5 cm³/mol. The molecular formula is C13H10N4O3. The highest BCUT2D eigenvalue weighted by Gasteiger charge is 2.19. The molecule has 0 saturated heterocycles. The number of benzene rings is 1. The number of nitriles is 1. The lowest BCUT2D eigenvalue weighted by Crippen LogP contribution is -2.18. The molecule has 7 heteroatoms. The van der Waals surface area contributed by atoms with Crippen LogP contribution in [0.2, 0.25) is 0 Å². The quantitative estimate of drug-likeness (QED) is 0.676. The van der Waals surface area contributed by atoms with Crippen LogP contribution >= 0.6 is 0 Å². The topological polar surface area (TPSA) is 101 Å². The highest BCUT2D eigenvalue weighted by molar-refractivity contribution is 5.95. The Morgan fingerprint density at radius 2 is 2.20 bits per heavy atom. The van der Waals surface area contributed by atoms with Crippen LogP contribution in [0, 0.1) is 21.4 Å². The molecule has 2 rings (SSSR count). The number of nitrogens with one attached hydrogen (secondary N) is 1. The Bertz CT molecular complexity index is 727. The molecule has 0 fully saturated rings. The van der Waals surface area contributed by atoms with Gasteiger partial charge >= 0.3 is 0 Å². The van der Waals surface area contributed by atoms with Gasteiger partial charge in [-0.3, -0.25) is 14.9 Å². The number of rotatable bonds is 3. The normalized spacial score (nSPS) is 9.80. The minimum Gasteiger partial charge on any atom is -0.355 e. The van der Waals surface area contributed by atoms with Gasteiger partial charge in [-0.2, -0.15) is 5.26 Å². The monoisotopic (exact) mass is 270 g/mol. The number of hydrogen-bond acceptors (Lipinski definition) is 4. The standard InChI is InChI=1S/C13H10N4O3/c1-15-13(18)9-4-5-11(12(7-9)17(19)20)16-6-2-3-10(16)8-14/h2-7H,1H3,(H,15,18). The Balaban J connectivity index is 2.63. The smallest absolute Gasteiger partial charge is 0.294 e. The van der Waals surface area contributed by atoms with Crippen molar-refractivity contribution in [1.29, 1.82) is 5.26 Å². The van der Waals surface area contributed by atoms with E-state index in [2.05, 4.69) is 5.32 Å².